The molecular formula is C13H14FN3O. The lowest BCUT2D eigenvalue weighted by atomic mass is 10.2. The van der Waals surface area contributed by atoms with E-state index in [1.807, 2.05) is 6.92 Å². The molecule has 2 rings (SSSR count). The van der Waals surface area contributed by atoms with Crippen molar-refractivity contribution in [2.24, 2.45) is 5.73 Å². The monoisotopic (exact) mass is 247 g/mol. The first-order valence-corrected chi connectivity index (χ1v) is 5.57. The Morgan fingerprint density at radius 3 is 2.67 bits per heavy atom. The van der Waals surface area contributed by atoms with Gasteiger partial charge < -0.3 is 10.5 Å². The molecule has 0 saturated heterocycles. The Balaban J connectivity index is 2.27. The quantitative estimate of drug-likeness (QED) is 0.905. The highest BCUT2D eigenvalue weighted by atomic mass is 19.1. The summed E-state index contributed by atoms with van der Waals surface area (Å²) in [5.74, 6) is 0.234. The SMILES string of the molecule is Cc1cc(CN)nc(Oc2ccc(F)c(C)c2)n1. The number of hydrogen-bond donors (Lipinski definition) is 1. The van der Waals surface area contributed by atoms with E-state index in [-0.39, 0.29) is 11.8 Å². The molecular weight excluding hydrogens is 233 g/mol. The number of nitrogens with two attached hydrogens (primary N) is 1. The van der Waals surface area contributed by atoms with Gasteiger partial charge >= 0.3 is 6.01 Å². The van der Waals surface area contributed by atoms with Crippen molar-refractivity contribution < 1.29 is 9.13 Å². The molecule has 0 unspecified atom stereocenters. The summed E-state index contributed by atoms with van der Waals surface area (Å²) in [6.07, 6.45) is 0. The van der Waals surface area contributed by atoms with Crippen LogP contribution in [-0.2, 0) is 6.54 Å². The highest BCUT2D eigenvalue weighted by molar-refractivity contribution is 5.31. The lowest BCUT2D eigenvalue weighted by molar-refractivity contribution is 0.436. The van der Waals surface area contributed by atoms with Crippen LogP contribution in [0.5, 0.6) is 11.8 Å². The van der Waals surface area contributed by atoms with Crippen LogP contribution in [0, 0.1) is 19.7 Å². The van der Waals surface area contributed by atoms with Crippen molar-refractivity contribution >= 4 is 0 Å². The molecule has 2 aromatic rings. The number of hydrogen-bond acceptors (Lipinski definition) is 4. The molecule has 4 nitrogen and oxygen atoms in total. The van der Waals surface area contributed by atoms with Crippen LogP contribution >= 0.6 is 0 Å². The highest BCUT2D eigenvalue weighted by Crippen LogP contribution is 2.21. The Morgan fingerprint density at radius 2 is 2.00 bits per heavy atom. The minimum atomic E-state index is -0.268. The van der Waals surface area contributed by atoms with E-state index in [2.05, 4.69) is 9.97 Å². The van der Waals surface area contributed by atoms with Gasteiger partial charge in [-0.3, -0.25) is 0 Å². The largest absolute Gasteiger partial charge is 0.424 e. The summed E-state index contributed by atoms with van der Waals surface area (Å²) in [5, 5.41) is 0. The minimum absolute atomic E-state index is 0.224. The second kappa shape index (κ2) is 5.10. The summed E-state index contributed by atoms with van der Waals surface area (Å²) in [4.78, 5) is 8.29. The average molecular weight is 247 g/mol. The summed E-state index contributed by atoms with van der Waals surface area (Å²) in [7, 11) is 0. The van der Waals surface area contributed by atoms with Gasteiger partial charge in [-0.25, -0.2) is 9.37 Å². The molecule has 5 heteroatoms. The molecule has 0 saturated carbocycles. The molecule has 18 heavy (non-hydrogen) atoms. The van der Waals surface area contributed by atoms with Crippen LogP contribution in [-0.4, -0.2) is 9.97 Å². The van der Waals surface area contributed by atoms with E-state index in [1.165, 1.54) is 12.1 Å². The standard InChI is InChI=1S/C13H14FN3O/c1-8-5-11(3-4-12(8)14)18-13-16-9(2)6-10(7-15)17-13/h3-6H,7,15H2,1-2H3. The van der Waals surface area contributed by atoms with Crippen molar-refractivity contribution in [3.05, 3.63) is 47.0 Å². The molecule has 1 aromatic carbocycles. The molecule has 0 amide bonds. The van der Waals surface area contributed by atoms with Crippen LogP contribution in [0.1, 0.15) is 17.0 Å². The van der Waals surface area contributed by atoms with E-state index >= 15 is 0 Å². The van der Waals surface area contributed by atoms with Gasteiger partial charge in [0.2, 0.25) is 0 Å². The van der Waals surface area contributed by atoms with Gasteiger partial charge in [0.05, 0.1) is 5.69 Å². The van der Waals surface area contributed by atoms with Gasteiger partial charge in [0.1, 0.15) is 11.6 Å². The molecule has 94 valence electrons. The molecule has 0 aliphatic rings. The molecule has 0 atom stereocenters. The van der Waals surface area contributed by atoms with Crippen LogP contribution in [0.15, 0.2) is 24.3 Å². The predicted molar refractivity (Wildman–Crippen MR) is 65.9 cm³/mol. The van der Waals surface area contributed by atoms with E-state index in [4.69, 9.17) is 10.5 Å². The Morgan fingerprint density at radius 1 is 1.22 bits per heavy atom. The normalized spacial score (nSPS) is 10.4. The van der Waals surface area contributed by atoms with Crippen molar-refractivity contribution in [2.45, 2.75) is 20.4 Å². The third kappa shape index (κ3) is 2.81. The van der Waals surface area contributed by atoms with Gasteiger partial charge in [-0.1, -0.05) is 0 Å². The number of halogens is 1. The van der Waals surface area contributed by atoms with Crippen LogP contribution < -0.4 is 10.5 Å². The molecule has 0 fully saturated rings. The number of nitrogens with zero attached hydrogens (tertiary/aromatic N) is 2. The average Bonchev–Trinajstić information content (AvgIpc) is 2.33. The van der Waals surface area contributed by atoms with Crippen LogP contribution in [0.3, 0.4) is 0 Å². The summed E-state index contributed by atoms with van der Waals surface area (Å²) in [5.41, 5.74) is 7.52. The van der Waals surface area contributed by atoms with Gasteiger partial charge in [0.15, 0.2) is 0 Å². The molecule has 0 radical (unpaired) electrons. The fourth-order valence-corrected chi connectivity index (χ4v) is 1.54. The fourth-order valence-electron chi connectivity index (χ4n) is 1.54. The highest BCUT2D eigenvalue weighted by Gasteiger charge is 2.05. The third-order valence-electron chi connectivity index (χ3n) is 2.43. The van der Waals surface area contributed by atoms with Crippen LogP contribution in [0.2, 0.25) is 0 Å². The minimum Gasteiger partial charge on any atom is -0.424 e. The van der Waals surface area contributed by atoms with Gasteiger partial charge in [-0.2, -0.15) is 4.98 Å². The van der Waals surface area contributed by atoms with Crippen molar-refractivity contribution in [3.63, 3.8) is 0 Å². The number of aryl methyl sites for hydroxylation is 2. The molecule has 0 aliphatic carbocycles. The van der Waals surface area contributed by atoms with Crippen molar-refractivity contribution in [2.75, 3.05) is 0 Å². The fraction of sp³-hybridized carbons (Fsp3) is 0.231. The second-order valence-corrected chi connectivity index (χ2v) is 4.00. The van der Waals surface area contributed by atoms with Gasteiger partial charge in [-0.15, -0.1) is 0 Å². The predicted octanol–water partition coefficient (Wildman–Crippen LogP) is 2.48. The maximum atomic E-state index is 13.1. The first-order chi connectivity index (χ1) is 8.58. The first kappa shape index (κ1) is 12.4. The zero-order valence-corrected chi connectivity index (χ0v) is 10.3. The van der Waals surface area contributed by atoms with Gasteiger partial charge in [-0.05, 0) is 43.7 Å². The van der Waals surface area contributed by atoms with E-state index in [1.54, 1.807) is 19.1 Å². The summed E-state index contributed by atoms with van der Waals surface area (Å²) >= 11 is 0. The lowest BCUT2D eigenvalue weighted by Crippen LogP contribution is -2.03. The first-order valence-electron chi connectivity index (χ1n) is 5.57. The third-order valence-corrected chi connectivity index (χ3v) is 2.43. The Hall–Kier alpha value is -2.01. The summed E-state index contributed by atoms with van der Waals surface area (Å²) in [6.45, 7) is 3.83. The molecule has 2 N–H and O–H groups in total. The Labute approximate surface area is 105 Å². The van der Waals surface area contributed by atoms with Crippen molar-refractivity contribution in [3.8, 4) is 11.8 Å². The van der Waals surface area contributed by atoms with Crippen LogP contribution in [0.25, 0.3) is 0 Å². The maximum absolute atomic E-state index is 13.1. The number of benzene rings is 1. The van der Waals surface area contributed by atoms with E-state index in [0.29, 0.717) is 23.6 Å². The van der Waals surface area contributed by atoms with Gasteiger partial charge in [0.25, 0.3) is 0 Å². The molecule has 1 heterocycles. The number of rotatable bonds is 3. The number of aromatic nitrogens is 2. The maximum Gasteiger partial charge on any atom is 0.322 e. The number of ether oxygens (including phenoxy) is 1. The smallest absolute Gasteiger partial charge is 0.322 e. The molecule has 0 spiro atoms. The topological polar surface area (TPSA) is 61.0 Å². The lowest BCUT2D eigenvalue weighted by Gasteiger charge is -2.07. The van der Waals surface area contributed by atoms with E-state index in [0.717, 1.165) is 5.69 Å². The van der Waals surface area contributed by atoms with Crippen molar-refractivity contribution in [1.29, 1.82) is 0 Å². The zero-order valence-electron chi connectivity index (χ0n) is 10.3. The van der Waals surface area contributed by atoms with E-state index in [9.17, 15) is 4.39 Å². The zero-order chi connectivity index (χ0) is 13.1. The molecule has 0 bridgehead atoms. The van der Waals surface area contributed by atoms with Gasteiger partial charge in [0, 0.05) is 12.2 Å². The van der Waals surface area contributed by atoms with E-state index < -0.39 is 0 Å². The second-order valence-electron chi connectivity index (χ2n) is 4.00. The Kier molecular flexibility index (Phi) is 3.53. The Bertz CT molecular complexity index is 572. The molecule has 1 aromatic heterocycles. The van der Waals surface area contributed by atoms with Crippen LogP contribution in [0.4, 0.5) is 4.39 Å². The summed E-state index contributed by atoms with van der Waals surface area (Å²) < 4.78 is 18.6. The van der Waals surface area contributed by atoms with Crippen molar-refractivity contribution in [1.82, 2.24) is 9.97 Å². The summed E-state index contributed by atoms with van der Waals surface area (Å²) in [6, 6.07) is 6.51. The molecule has 0 aliphatic heterocycles.